The number of nitrogens with one attached hydrogen (secondary N) is 1. The number of carbonyl (C=O) groups excluding carboxylic acids is 1. The summed E-state index contributed by atoms with van der Waals surface area (Å²) in [4.78, 5) is 23.2. The molecule has 1 aromatic heterocycles. The molecule has 1 amide bonds. The molecule has 34 heavy (non-hydrogen) atoms. The van der Waals surface area contributed by atoms with E-state index in [0.717, 1.165) is 28.8 Å². The molecule has 0 bridgehead atoms. The van der Waals surface area contributed by atoms with Gasteiger partial charge in [-0.3, -0.25) is 9.48 Å². The van der Waals surface area contributed by atoms with E-state index < -0.39 is 7.94 Å². The summed E-state index contributed by atoms with van der Waals surface area (Å²) in [6.45, 7) is 3.87. The van der Waals surface area contributed by atoms with Gasteiger partial charge in [0, 0.05) is 36.4 Å². The molecule has 9 heteroatoms. The lowest BCUT2D eigenvalue weighted by Crippen LogP contribution is -2.27. The minimum absolute atomic E-state index is 0.0455. The van der Waals surface area contributed by atoms with Crippen LogP contribution in [-0.2, 0) is 27.1 Å². The molecule has 7 nitrogen and oxygen atoms in total. The zero-order chi connectivity index (χ0) is 24.3. The molecule has 4 rings (SSSR count). The van der Waals surface area contributed by atoms with E-state index in [9.17, 15) is 14.1 Å². The summed E-state index contributed by atoms with van der Waals surface area (Å²) in [5, 5.41) is 7.07. The second kappa shape index (κ2) is 10.2. The number of nitrogens with zero attached hydrogens (tertiary/aromatic N) is 2. The molecular formula is C25H28FN3O4P+. The van der Waals surface area contributed by atoms with Crippen LogP contribution < -0.4 is 5.32 Å². The van der Waals surface area contributed by atoms with E-state index >= 15 is 0 Å². The van der Waals surface area contributed by atoms with Crippen LogP contribution in [0.5, 0.6) is 0 Å². The molecule has 0 spiro atoms. The van der Waals surface area contributed by atoms with E-state index in [1.54, 1.807) is 48.3 Å². The Balaban J connectivity index is 1.39. The van der Waals surface area contributed by atoms with Gasteiger partial charge in [-0.1, -0.05) is 12.1 Å². The number of benzene rings is 2. The van der Waals surface area contributed by atoms with Crippen molar-refractivity contribution < 1.29 is 23.1 Å². The molecule has 1 fully saturated rings. The van der Waals surface area contributed by atoms with Crippen molar-refractivity contribution >= 4 is 25.6 Å². The van der Waals surface area contributed by atoms with Crippen molar-refractivity contribution in [2.75, 3.05) is 5.32 Å². The number of carbonyl (C=O) groups is 1. The predicted octanol–water partition coefficient (Wildman–Crippen LogP) is 5.35. The number of hydrogen-bond acceptors (Lipinski definition) is 5. The highest BCUT2D eigenvalue weighted by Gasteiger charge is 2.48. The highest BCUT2D eigenvalue weighted by atomic mass is 31.2. The first-order chi connectivity index (χ1) is 16.2. The van der Waals surface area contributed by atoms with Crippen LogP contribution in [0.3, 0.4) is 0 Å². The molecule has 2 N–H and O–H groups in total. The lowest BCUT2D eigenvalue weighted by Gasteiger charge is -2.29. The maximum atomic E-state index is 13.3. The molecule has 0 saturated carbocycles. The second-order valence-corrected chi connectivity index (χ2v) is 10.5. The third-order valence-electron chi connectivity index (χ3n) is 5.46. The Labute approximate surface area is 198 Å². The first kappa shape index (κ1) is 24.2. The predicted molar refractivity (Wildman–Crippen MR) is 131 cm³/mol. The number of aryl methyl sites for hydroxylation is 1. The van der Waals surface area contributed by atoms with Crippen molar-refractivity contribution in [3.05, 3.63) is 77.7 Å². The Bertz CT molecular complexity index is 1170. The van der Waals surface area contributed by atoms with Gasteiger partial charge in [0.05, 0.1) is 11.9 Å². The fraction of sp³-hybridized carbons (Fsp3) is 0.280. The van der Waals surface area contributed by atoms with Crippen LogP contribution in [0.15, 0.2) is 60.8 Å². The van der Waals surface area contributed by atoms with Gasteiger partial charge in [-0.25, -0.2) is 4.39 Å². The van der Waals surface area contributed by atoms with E-state index in [4.69, 9.17) is 9.05 Å². The summed E-state index contributed by atoms with van der Waals surface area (Å²) < 4.78 is 26.4. The van der Waals surface area contributed by atoms with Crippen molar-refractivity contribution in [3.63, 3.8) is 0 Å². The van der Waals surface area contributed by atoms with Crippen LogP contribution in [0, 0.1) is 5.82 Å². The fourth-order valence-electron chi connectivity index (χ4n) is 4.03. The Morgan fingerprint density at radius 1 is 1.18 bits per heavy atom. The molecule has 3 aromatic rings. The third kappa shape index (κ3) is 5.96. The number of rotatable bonds is 6. The van der Waals surface area contributed by atoms with Gasteiger partial charge in [-0.05, 0) is 61.9 Å². The summed E-state index contributed by atoms with van der Waals surface area (Å²) in [7, 11) is -1.15. The Morgan fingerprint density at radius 3 is 2.47 bits per heavy atom. The van der Waals surface area contributed by atoms with Crippen LogP contribution in [-0.4, -0.2) is 32.8 Å². The minimum Gasteiger partial charge on any atom is -0.323 e. The van der Waals surface area contributed by atoms with Crippen LogP contribution >= 0.6 is 7.94 Å². The molecule has 0 radical (unpaired) electrons. The molecule has 0 aliphatic carbocycles. The van der Waals surface area contributed by atoms with E-state index in [1.165, 1.54) is 18.2 Å². The number of halogens is 1. The van der Waals surface area contributed by atoms with Crippen molar-refractivity contribution in [2.45, 2.75) is 38.6 Å². The van der Waals surface area contributed by atoms with Gasteiger partial charge in [0.25, 0.3) is 0 Å². The van der Waals surface area contributed by atoms with E-state index in [1.807, 2.05) is 26.0 Å². The molecule has 1 aliphatic heterocycles. The van der Waals surface area contributed by atoms with Crippen molar-refractivity contribution in [1.82, 2.24) is 9.78 Å². The lowest BCUT2D eigenvalue weighted by atomic mass is 10.1. The molecular weight excluding hydrogens is 456 g/mol. The summed E-state index contributed by atoms with van der Waals surface area (Å²) in [6.07, 6.45) is 5.72. The van der Waals surface area contributed by atoms with E-state index in [0.29, 0.717) is 11.8 Å². The Kier molecular flexibility index (Phi) is 7.24. The first-order valence-corrected chi connectivity index (χ1v) is 12.8. The monoisotopic (exact) mass is 484 g/mol. The highest BCUT2D eigenvalue weighted by molar-refractivity contribution is 7.59. The van der Waals surface area contributed by atoms with Gasteiger partial charge in [-0.2, -0.15) is 19.0 Å². The number of hydrogen-bond donors (Lipinski definition) is 2. The highest BCUT2D eigenvalue weighted by Crippen LogP contribution is 2.64. The average molecular weight is 484 g/mol. The smallest absolute Gasteiger partial charge is 0.323 e. The van der Waals surface area contributed by atoms with Gasteiger partial charge < -0.3 is 5.32 Å². The van der Waals surface area contributed by atoms with Crippen molar-refractivity contribution in [3.8, 4) is 11.3 Å². The Morgan fingerprint density at radius 2 is 1.82 bits per heavy atom. The summed E-state index contributed by atoms with van der Waals surface area (Å²) >= 11 is 0. The van der Waals surface area contributed by atoms with E-state index in [-0.39, 0.29) is 23.9 Å². The molecule has 2 heterocycles. The SMILES string of the molecule is CC1CC(C)O[P+](O)(Cc2ccc(NC(=O)C=Cc3cnn(C)c3-c3ccc(F)cc3)cc2)O1. The van der Waals surface area contributed by atoms with Crippen LogP contribution in [0.1, 0.15) is 31.4 Å². The molecule has 2 atom stereocenters. The topological polar surface area (TPSA) is 85.6 Å². The standard InChI is InChI=1S/C25H27FN3O4P/c1-17-14-18(2)33-34(31,32-17)16-19-4-11-23(12-5-19)28-24(30)13-8-21-15-27-29(3)25(21)20-6-9-22(26)10-7-20/h4-13,15,17-18,31H,14,16H2,1-3H3/p+1. The number of aromatic nitrogens is 2. The number of amides is 1. The van der Waals surface area contributed by atoms with Gasteiger partial charge in [0.1, 0.15) is 18.0 Å². The van der Waals surface area contributed by atoms with Crippen molar-refractivity contribution in [2.24, 2.45) is 7.05 Å². The maximum absolute atomic E-state index is 13.3. The fourth-order valence-corrected chi connectivity index (χ4v) is 6.19. The third-order valence-corrected chi connectivity index (χ3v) is 7.60. The van der Waals surface area contributed by atoms with Crippen LogP contribution in [0.4, 0.5) is 10.1 Å². The lowest BCUT2D eigenvalue weighted by molar-refractivity contribution is -0.111. The van der Waals surface area contributed by atoms with Crippen molar-refractivity contribution in [1.29, 1.82) is 0 Å². The number of anilines is 1. The zero-order valence-corrected chi connectivity index (χ0v) is 20.2. The molecule has 178 valence electrons. The largest absolute Gasteiger partial charge is 0.414 e. The Hall–Kier alpha value is -2.90. The van der Waals surface area contributed by atoms with Gasteiger partial charge >= 0.3 is 7.94 Å². The second-order valence-electron chi connectivity index (χ2n) is 8.46. The maximum Gasteiger partial charge on any atom is 0.414 e. The van der Waals surface area contributed by atoms with Crippen LogP contribution in [0.2, 0.25) is 0 Å². The van der Waals surface area contributed by atoms with E-state index in [2.05, 4.69) is 10.4 Å². The molecule has 2 aromatic carbocycles. The minimum atomic E-state index is -2.94. The summed E-state index contributed by atoms with van der Waals surface area (Å²) in [5.41, 5.74) is 3.82. The quantitative estimate of drug-likeness (QED) is 0.364. The van der Waals surface area contributed by atoms with Crippen LogP contribution in [0.25, 0.3) is 17.3 Å². The average Bonchev–Trinajstić information content (AvgIpc) is 3.13. The summed E-state index contributed by atoms with van der Waals surface area (Å²) in [6, 6.07) is 13.4. The van der Waals surface area contributed by atoms with Gasteiger partial charge in [-0.15, -0.1) is 0 Å². The molecule has 1 saturated heterocycles. The molecule has 1 aliphatic rings. The zero-order valence-electron chi connectivity index (χ0n) is 19.3. The summed E-state index contributed by atoms with van der Waals surface area (Å²) in [5.74, 6) is -0.610. The normalized spacial score (nSPS) is 22.7. The first-order valence-electron chi connectivity index (χ1n) is 11.0. The molecule has 2 unspecified atom stereocenters. The van der Waals surface area contributed by atoms with Gasteiger partial charge in [0.15, 0.2) is 6.16 Å². The van der Waals surface area contributed by atoms with Gasteiger partial charge in [0.2, 0.25) is 5.91 Å².